The second-order valence-electron chi connectivity index (χ2n) is 6.98. The molecule has 1 atom stereocenters. The molecule has 2 aliphatic rings. The molecule has 25 heavy (non-hydrogen) atoms. The Morgan fingerprint density at radius 3 is 2.48 bits per heavy atom. The summed E-state index contributed by atoms with van der Waals surface area (Å²) in [4.78, 5) is 32.8. The Kier molecular flexibility index (Phi) is 4.22. The van der Waals surface area contributed by atoms with Crippen LogP contribution in [0, 0.1) is 19.8 Å². The summed E-state index contributed by atoms with van der Waals surface area (Å²) in [6.07, 6.45) is 0. The number of rotatable bonds is 3. The van der Waals surface area contributed by atoms with Gasteiger partial charge in [-0.3, -0.25) is 14.6 Å². The van der Waals surface area contributed by atoms with Crippen molar-refractivity contribution in [2.24, 2.45) is 10.9 Å². The minimum Gasteiger partial charge on any atom is -0.270 e. The second-order valence-corrected chi connectivity index (χ2v) is 6.98. The topological polar surface area (TPSA) is 73.8 Å². The number of likely N-dealkylation sites (N-methyl/N-ethyl adjacent to an activating group) is 2. The number of fused-ring (bicyclic) bond motifs is 1. The number of amidine groups is 1. The van der Waals surface area contributed by atoms with Crippen LogP contribution in [-0.4, -0.2) is 74.1 Å². The molecule has 3 heterocycles. The predicted octanol–water partition coefficient (Wildman–Crippen LogP) is 1.07. The van der Waals surface area contributed by atoms with Crippen LogP contribution < -0.4 is 0 Å². The van der Waals surface area contributed by atoms with Crippen LogP contribution in [0.4, 0.5) is 4.79 Å². The second kappa shape index (κ2) is 6.09. The lowest BCUT2D eigenvalue weighted by atomic mass is 10.1. The van der Waals surface area contributed by atoms with E-state index >= 15 is 0 Å². The lowest BCUT2D eigenvalue weighted by Gasteiger charge is -2.33. The number of aryl methyl sites for hydroxylation is 2. The summed E-state index contributed by atoms with van der Waals surface area (Å²) in [5, 5.41) is 4.52. The predicted molar refractivity (Wildman–Crippen MR) is 93.8 cm³/mol. The minimum absolute atomic E-state index is 0.221. The van der Waals surface area contributed by atoms with Gasteiger partial charge in [-0.1, -0.05) is 18.8 Å². The molecule has 0 radical (unpaired) electrons. The van der Waals surface area contributed by atoms with Crippen molar-refractivity contribution >= 4 is 23.7 Å². The van der Waals surface area contributed by atoms with Gasteiger partial charge in [0.25, 0.3) is 5.91 Å². The van der Waals surface area contributed by atoms with Gasteiger partial charge in [-0.25, -0.2) is 9.37 Å². The standard InChI is InChI=1S/C17H25N6O2/c1-7-21-15(24)13-14(20(6)17(21)25)18-16(22(13)9-10(2)3)23-12(5)8-11(4)19-23/h8,10,13H,7,9H2,1-6H3/q+1. The highest BCUT2D eigenvalue weighted by atomic mass is 16.2. The first-order chi connectivity index (χ1) is 11.8. The van der Waals surface area contributed by atoms with Crippen molar-refractivity contribution in [3.8, 4) is 0 Å². The van der Waals surface area contributed by atoms with E-state index in [1.165, 1.54) is 9.80 Å². The molecule has 0 saturated carbocycles. The van der Waals surface area contributed by atoms with Crippen molar-refractivity contribution in [2.45, 2.75) is 40.7 Å². The van der Waals surface area contributed by atoms with Crippen LogP contribution in [0.1, 0.15) is 32.2 Å². The summed E-state index contributed by atoms with van der Waals surface area (Å²) in [5.41, 5.74) is 1.83. The van der Waals surface area contributed by atoms with E-state index in [0.29, 0.717) is 30.8 Å². The maximum Gasteiger partial charge on any atom is 0.421 e. The Hall–Kier alpha value is -2.51. The highest BCUT2D eigenvalue weighted by Crippen LogP contribution is 2.21. The maximum absolute atomic E-state index is 13.0. The highest BCUT2D eigenvalue weighted by Gasteiger charge is 2.52. The van der Waals surface area contributed by atoms with Crippen molar-refractivity contribution in [3.63, 3.8) is 0 Å². The van der Waals surface area contributed by atoms with Crippen molar-refractivity contribution in [2.75, 3.05) is 20.1 Å². The third-order valence-corrected chi connectivity index (χ3v) is 4.47. The van der Waals surface area contributed by atoms with Gasteiger partial charge >= 0.3 is 12.0 Å². The molecule has 0 bridgehead atoms. The number of amides is 3. The third kappa shape index (κ3) is 2.65. The van der Waals surface area contributed by atoms with Gasteiger partial charge in [-0.2, -0.15) is 0 Å². The fourth-order valence-electron chi connectivity index (χ4n) is 3.38. The van der Waals surface area contributed by atoms with Gasteiger partial charge in [-0.15, -0.1) is 9.78 Å². The smallest absolute Gasteiger partial charge is 0.270 e. The van der Waals surface area contributed by atoms with E-state index < -0.39 is 6.04 Å². The number of nitrogens with zero attached hydrogens (tertiary/aromatic N) is 6. The van der Waals surface area contributed by atoms with Gasteiger partial charge < -0.3 is 0 Å². The van der Waals surface area contributed by atoms with E-state index in [4.69, 9.17) is 0 Å². The van der Waals surface area contributed by atoms with E-state index in [1.807, 2.05) is 24.5 Å². The van der Waals surface area contributed by atoms with E-state index in [1.54, 1.807) is 18.7 Å². The molecule has 1 unspecified atom stereocenters. The zero-order chi connectivity index (χ0) is 18.5. The van der Waals surface area contributed by atoms with E-state index in [-0.39, 0.29) is 11.9 Å². The molecule has 8 nitrogen and oxygen atoms in total. The highest BCUT2D eigenvalue weighted by molar-refractivity contribution is 6.22. The van der Waals surface area contributed by atoms with Crippen LogP contribution >= 0.6 is 0 Å². The average molecular weight is 345 g/mol. The fourth-order valence-corrected chi connectivity index (χ4v) is 3.38. The molecule has 0 N–H and O–H groups in total. The van der Waals surface area contributed by atoms with Crippen molar-refractivity contribution in [1.82, 2.24) is 19.6 Å². The van der Waals surface area contributed by atoms with Crippen molar-refractivity contribution < 1.29 is 14.2 Å². The fraction of sp³-hybridized carbons (Fsp3) is 0.588. The van der Waals surface area contributed by atoms with Crippen LogP contribution in [0.3, 0.4) is 0 Å². The number of carbonyl (C=O) groups is 2. The minimum atomic E-state index is -0.580. The molecule has 1 fully saturated rings. The lowest BCUT2D eigenvalue weighted by molar-refractivity contribution is -0.543. The summed E-state index contributed by atoms with van der Waals surface area (Å²) in [5.74, 6) is 1.18. The number of carbonyl (C=O) groups excluding carboxylic acids is 2. The summed E-state index contributed by atoms with van der Waals surface area (Å²) >= 11 is 0. The normalized spacial score (nSPS) is 20.8. The van der Waals surface area contributed by atoms with Crippen LogP contribution in [0.25, 0.3) is 0 Å². The number of aliphatic imine (C=N–C) groups is 1. The van der Waals surface area contributed by atoms with Crippen LogP contribution in [-0.2, 0) is 4.79 Å². The zero-order valence-electron chi connectivity index (χ0n) is 15.6. The van der Waals surface area contributed by atoms with Gasteiger partial charge in [0.05, 0.1) is 12.2 Å². The Labute approximate surface area is 147 Å². The van der Waals surface area contributed by atoms with E-state index in [0.717, 1.165) is 11.4 Å². The maximum atomic E-state index is 13.0. The van der Waals surface area contributed by atoms with E-state index in [9.17, 15) is 9.59 Å². The van der Waals surface area contributed by atoms with Crippen LogP contribution in [0.2, 0.25) is 0 Å². The molecule has 2 aliphatic heterocycles. The molecular weight excluding hydrogens is 320 g/mol. The molecule has 1 aromatic heterocycles. The first kappa shape index (κ1) is 17.3. The van der Waals surface area contributed by atoms with Crippen LogP contribution in [0.15, 0.2) is 11.1 Å². The molecule has 134 valence electrons. The summed E-state index contributed by atoms with van der Waals surface area (Å²) in [6.45, 7) is 10.9. The summed E-state index contributed by atoms with van der Waals surface area (Å²) in [6, 6.07) is 1.06. The van der Waals surface area contributed by atoms with Gasteiger partial charge in [0, 0.05) is 13.6 Å². The zero-order valence-corrected chi connectivity index (χ0v) is 15.6. The molecule has 3 rings (SSSR count). The van der Waals surface area contributed by atoms with Crippen LogP contribution in [0.5, 0.6) is 0 Å². The van der Waals surface area contributed by atoms with Gasteiger partial charge in [0.2, 0.25) is 11.9 Å². The first-order valence-corrected chi connectivity index (χ1v) is 8.61. The summed E-state index contributed by atoms with van der Waals surface area (Å²) < 4.78 is 3.72. The Morgan fingerprint density at radius 2 is 1.96 bits per heavy atom. The first-order valence-electron chi connectivity index (χ1n) is 8.61. The van der Waals surface area contributed by atoms with Crippen molar-refractivity contribution in [1.29, 1.82) is 0 Å². The summed E-state index contributed by atoms with van der Waals surface area (Å²) in [7, 11) is 1.67. The Bertz CT molecular complexity index is 804. The largest absolute Gasteiger partial charge is 0.421 e. The van der Waals surface area contributed by atoms with E-state index in [2.05, 4.69) is 23.9 Å². The average Bonchev–Trinajstić information content (AvgIpc) is 3.05. The molecule has 0 aromatic carbocycles. The molecule has 0 spiro atoms. The molecule has 1 saturated heterocycles. The quantitative estimate of drug-likeness (QED) is 0.769. The molecule has 0 aliphatic carbocycles. The number of hydrogen-bond acceptors (Lipinski definition) is 4. The Morgan fingerprint density at radius 1 is 1.28 bits per heavy atom. The third-order valence-electron chi connectivity index (χ3n) is 4.47. The van der Waals surface area contributed by atoms with Crippen molar-refractivity contribution in [3.05, 3.63) is 17.5 Å². The SMILES string of the molecule is CCN1C(=O)C2C(=NC(n3nc(C)cc3C)=[N+]2CC(C)C)N(C)C1=O. The molecular formula is C17H25N6O2+. The number of urea groups is 1. The van der Waals surface area contributed by atoms with Gasteiger partial charge in [0.1, 0.15) is 5.69 Å². The molecule has 3 amide bonds. The number of imide groups is 1. The van der Waals surface area contributed by atoms with Gasteiger partial charge in [-0.05, 0) is 32.8 Å². The number of hydrogen-bond donors (Lipinski definition) is 0. The monoisotopic (exact) mass is 345 g/mol. The Balaban J connectivity index is 2.17. The molecule has 8 heteroatoms. The lowest BCUT2D eigenvalue weighted by Crippen LogP contribution is -2.62. The molecule has 1 aromatic rings. The number of aromatic nitrogens is 2. The van der Waals surface area contributed by atoms with Gasteiger partial charge in [0.15, 0.2) is 0 Å².